The number of fused-ring (bicyclic) bond motifs is 3. The van der Waals surface area contributed by atoms with Crippen LogP contribution in [0.1, 0.15) is 18.9 Å². The summed E-state index contributed by atoms with van der Waals surface area (Å²) in [6.07, 6.45) is 1.93. The monoisotopic (exact) mass is 225 g/mol. The van der Waals surface area contributed by atoms with Gasteiger partial charge in [-0.1, -0.05) is 30.3 Å². The number of aliphatic imine (C=N–C) groups is 1. The van der Waals surface area contributed by atoms with E-state index in [2.05, 4.69) is 41.4 Å². The van der Waals surface area contributed by atoms with Crippen LogP contribution < -0.4 is 0 Å². The van der Waals surface area contributed by atoms with Crippen LogP contribution >= 0.6 is 0 Å². The molecule has 0 amide bonds. The van der Waals surface area contributed by atoms with Gasteiger partial charge < -0.3 is 4.74 Å². The van der Waals surface area contributed by atoms with Gasteiger partial charge in [0.2, 0.25) is 0 Å². The molecule has 2 heteroatoms. The van der Waals surface area contributed by atoms with Crippen molar-refractivity contribution < 1.29 is 4.74 Å². The smallest absolute Gasteiger partial charge is 0.188 e. The summed E-state index contributed by atoms with van der Waals surface area (Å²) < 4.78 is 5.50. The fourth-order valence-electron chi connectivity index (χ4n) is 2.39. The number of ether oxygens (including phenoxy) is 1. The minimum Gasteiger partial charge on any atom is -0.481 e. The van der Waals surface area contributed by atoms with E-state index in [0.29, 0.717) is 6.61 Å². The van der Waals surface area contributed by atoms with E-state index in [1.54, 1.807) is 0 Å². The van der Waals surface area contributed by atoms with E-state index in [0.717, 1.165) is 24.4 Å². The maximum Gasteiger partial charge on any atom is 0.188 e. The van der Waals surface area contributed by atoms with Crippen LogP contribution in [0.4, 0.5) is 5.69 Å². The average molecular weight is 225 g/mol. The van der Waals surface area contributed by atoms with Gasteiger partial charge >= 0.3 is 0 Å². The predicted octanol–water partition coefficient (Wildman–Crippen LogP) is 3.85. The van der Waals surface area contributed by atoms with E-state index in [9.17, 15) is 0 Å². The summed E-state index contributed by atoms with van der Waals surface area (Å²) in [7, 11) is 0. The Morgan fingerprint density at radius 3 is 2.88 bits per heavy atom. The molecular weight excluding hydrogens is 210 g/mol. The molecule has 0 saturated carbocycles. The molecule has 86 valence electrons. The van der Waals surface area contributed by atoms with E-state index in [1.165, 1.54) is 16.3 Å². The average Bonchev–Trinajstić information content (AvgIpc) is 2.39. The summed E-state index contributed by atoms with van der Waals surface area (Å²) in [5.74, 6) is 0.871. The van der Waals surface area contributed by atoms with Gasteiger partial charge in [0.05, 0.1) is 12.3 Å². The van der Waals surface area contributed by atoms with Gasteiger partial charge in [0.1, 0.15) is 0 Å². The van der Waals surface area contributed by atoms with Crippen molar-refractivity contribution in [3.63, 3.8) is 0 Å². The van der Waals surface area contributed by atoms with Crippen LogP contribution in [0.25, 0.3) is 10.8 Å². The van der Waals surface area contributed by atoms with Gasteiger partial charge in [0.25, 0.3) is 0 Å². The van der Waals surface area contributed by atoms with Crippen molar-refractivity contribution in [1.29, 1.82) is 0 Å². The highest BCUT2D eigenvalue weighted by Crippen LogP contribution is 2.32. The van der Waals surface area contributed by atoms with Crippen LogP contribution in [0, 0.1) is 0 Å². The van der Waals surface area contributed by atoms with Gasteiger partial charge in [-0.3, -0.25) is 0 Å². The van der Waals surface area contributed by atoms with Crippen molar-refractivity contribution >= 4 is 22.4 Å². The summed E-state index contributed by atoms with van der Waals surface area (Å²) in [4.78, 5) is 4.58. The molecule has 1 aliphatic rings. The highest BCUT2D eigenvalue weighted by atomic mass is 16.5. The number of hydrogen-bond acceptors (Lipinski definition) is 2. The fourth-order valence-corrected chi connectivity index (χ4v) is 2.39. The minimum absolute atomic E-state index is 0.696. The van der Waals surface area contributed by atoms with Crippen molar-refractivity contribution in [2.45, 2.75) is 19.8 Å². The topological polar surface area (TPSA) is 21.6 Å². The molecule has 1 heterocycles. The molecule has 0 radical (unpaired) electrons. The Morgan fingerprint density at radius 2 is 2.00 bits per heavy atom. The van der Waals surface area contributed by atoms with Gasteiger partial charge in [0, 0.05) is 6.42 Å². The molecule has 0 atom stereocenters. The molecule has 2 aromatic rings. The first kappa shape index (κ1) is 10.3. The lowest BCUT2D eigenvalue weighted by Gasteiger charge is -2.17. The lowest BCUT2D eigenvalue weighted by molar-refractivity contribution is 0.316. The van der Waals surface area contributed by atoms with Gasteiger partial charge in [-0.2, -0.15) is 0 Å². The van der Waals surface area contributed by atoms with Crippen molar-refractivity contribution in [2.24, 2.45) is 4.99 Å². The molecule has 0 bridgehead atoms. The van der Waals surface area contributed by atoms with Crippen LogP contribution in [0.2, 0.25) is 0 Å². The van der Waals surface area contributed by atoms with E-state index in [-0.39, 0.29) is 0 Å². The zero-order chi connectivity index (χ0) is 11.7. The van der Waals surface area contributed by atoms with Crippen LogP contribution in [0.3, 0.4) is 0 Å². The van der Waals surface area contributed by atoms with E-state index < -0.39 is 0 Å². The molecule has 2 nitrogen and oxygen atoms in total. The van der Waals surface area contributed by atoms with Gasteiger partial charge in [0.15, 0.2) is 5.90 Å². The molecular formula is C15H15NO. The summed E-state index contributed by atoms with van der Waals surface area (Å²) >= 11 is 0. The Hall–Kier alpha value is -1.83. The van der Waals surface area contributed by atoms with Gasteiger partial charge in [-0.25, -0.2) is 4.99 Å². The number of benzene rings is 2. The van der Waals surface area contributed by atoms with E-state index >= 15 is 0 Å². The molecule has 3 rings (SSSR count). The minimum atomic E-state index is 0.696. The van der Waals surface area contributed by atoms with Crippen molar-refractivity contribution in [3.05, 3.63) is 42.0 Å². The Kier molecular flexibility index (Phi) is 2.56. The van der Waals surface area contributed by atoms with E-state index in [1.807, 2.05) is 6.92 Å². The van der Waals surface area contributed by atoms with Crippen molar-refractivity contribution in [2.75, 3.05) is 6.61 Å². The molecule has 0 aliphatic carbocycles. The second-order valence-corrected chi connectivity index (χ2v) is 4.22. The number of nitrogens with zero attached hydrogens (tertiary/aromatic N) is 1. The summed E-state index contributed by atoms with van der Waals surface area (Å²) in [6, 6.07) is 12.7. The molecule has 0 aromatic heterocycles. The largest absolute Gasteiger partial charge is 0.481 e. The van der Waals surface area contributed by atoms with Crippen LogP contribution in [-0.4, -0.2) is 12.5 Å². The maximum absolute atomic E-state index is 5.50. The predicted molar refractivity (Wildman–Crippen MR) is 71.0 cm³/mol. The molecule has 17 heavy (non-hydrogen) atoms. The van der Waals surface area contributed by atoms with Crippen molar-refractivity contribution in [3.8, 4) is 0 Å². The van der Waals surface area contributed by atoms with Gasteiger partial charge in [-0.05, 0) is 35.7 Å². The lowest BCUT2D eigenvalue weighted by Crippen LogP contribution is -2.10. The van der Waals surface area contributed by atoms with Gasteiger partial charge in [-0.15, -0.1) is 0 Å². The molecule has 0 N–H and O–H groups in total. The molecule has 0 fully saturated rings. The Balaban J connectivity index is 2.14. The first-order valence-electron chi connectivity index (χ1n) is 6.09. The number of hydrogen-bond donors (Lipinski definition) is 0. The standard InChI is InChI=1S/C15H15NO/c1-2-17-15-10-8-13-12-6-4-3-5-11(12)7-9-14(13)16-15/h3-7,9H,2,8,10H2,1H3. The van der Waals surface area contributed by atoms with E-state index in [4.69, 9.17) is 4.74 Å². The number of rotatable bonds is 1. The third-order valence-electron chi connectivity index (χ3n) is 3.16. The summed E-state index contributed by atoms with van der Waals surface area (Å²) in [5, 5.41) is 2.62. The normalized spacial score (nSPS) is 14.3. The first-order chi connectivity index (χ1) is 8.38. The lowest BCUT2D eigenvalue weighted by atomic mass is 9.97. The second kappa shape index (κ2) is 4.21. The third kappa shape index (κ3) is 1.80. The second-order valence-electron chi connectivity index (χ2n) is 4.22. The Morgan fingerprint density at radius 1 is 1.12 bits per heavy atom. The SMILES string of the molecule is CCOC1=Nc2ccc3ccccc3c2CC1. The maximum atomic E-state index is 5.50. The Labute approximate surface area is 101 Å². The molecule has 1 aliphatic heterocycles. The third-order valence-corrected chi connectivity index (χ3v) is 3.16. The highest BCUT2D eigenvalue weighted by Gasteiger charge is 2.14. The fraction of sp³-hybridized carbons (Fsp3) is 0.267. The summed E-state index contributed by atoms with van der Waals surface area (Å²) in [6.45, 7) is 2.69. The number of aryl methyl sites for hydroxylation is 1. The molecule has 0 unspecified atom stereocenters. The highest BCUT2D eigenvalue weighted by molar-refractivity contribution is 5.93. The Bertz CT molecular complexity index is 586. The molecule has 2 aromatic carbocycles. The molecule has 0 saturated heterocycles. The summed E-state index contributed by atoms with van der Waals surface area (Å²) in [5.41, 5.74) is 2.42. The molecule has 0 spiro atoms. The van der Waals surface area contributed by atoms with Crippen LogP contribution in [0.5, 0.6) is 0 Å². The van der Waals surface area contributed by atoms with Crippen molar-refractivity contribution in [1.82, 2.24) is 0 Å². The van der Waals surface area contributed by atoms with Crippen LogP contribution in [-0.2, 0) is 11.2 Å². The quantitative estimate of drug-likeness (QED) is 0.722. The zero-order valence-corrected chi connectivity index (χ0v) is 9.94. The first-order valence-corrected chi connectivity index (χ1v) is 6.09. The van der Waals surface area contributed by atoms with Crippen LogP contribution in [0.15, 0.2) is 41.4 Å². The zero-order valence-electron chi connectivity index (χ0n) is 9.94.